The fourth-order valence-electron chi connectivity index (χ4n) is 1.78. The molecule has 2 aromatic rings. The summed E-state index contributed by atoms with van der Waals surface area (Å²) < 4.78 is 5.49. The zero-order valence-electron chi connectivity index (χ0n) is 11.9. The second-order valence-corrected chi connectivity index (χ2v) is 6.71. The van der Waals surface area contributed by atoms with Crippen molar-refractivity contribution in [1.29, 1.82) is 0 Å². The van der Waals surface area contributed by atoms with Gasteiger partial charge in [-0.15, -0.1) is 11.3 Å². The lowest BCUT2D eigenvalue weighted by atomic mass is 10.3. The van der Waals surface area contributed by atoms with Crippen LogP contribution < -0.4 is 10.1 Å². The van der Waals surface area contributed by atoms with Gasteiger partial charge in [0, 0.05) is 23.6 Å². The van der Waals surface area contributed by atoms with E-state index in [2.05, 4.69) is 5.32 Å². The fraction of sp³-hybridized carbons (Fsp3) is 0.267. The third-order valence-corrected chi connectivity index (χ3v) is 4.36. The molecule has 7 heteroatoms. The molecule has 118 valence electrons. The van der Waals surface area contributed by atoms with Crippen LogP contribution in [0.25, 0.3) is 0 Å². The predicted molar refractivity (Wildman–Crippen MR) is 89.6 cm³/mol. The highest BCUT2D eigenvalue weighted by molar-refractivity contribution is 7.13. The maximum absolute atomic E-state index is 11.8. The molecule has 2 rings (SSSR count). The van der Waals surface area contributed by atoms with Crippen LogP contribution in [-0.2, 0) is 0 Å². The van der Waals surface area contributed by atoms with E-state index in [1.807, 2.05) is 19.1 Å². The van der Waals surface area contributed by atoms with Crippen LogP contribution in [0.2, 0.25) is 10.0 Å². The van der Waals surface area contributed by atoms with Gasteiger partial charge in [-0.1, -0.05) is 23.2 Å². The lowest BCUT2D eigenvalue weighted by Crippen LogP contribution is -2.24. The van der Waals surface area contributed by atoms with E-state index in [9.17, 15) is 9.90 Å². The van der Waals surface area contributed by atoms with E-state index in [-0.39, 0.29) is 21.7 Å². The van der Waals surface area contributed by atoms with Crippen molar-refractivity contribution in [1.82, 2.24) is 5.32 Å². The van der Waals surface area contributed by atoms with Crippen molar-refractivity contribution in [3.8, 4) is 11.5 Å². The predicted octanol–water partition coefficient (Wildman–Crippen LogP) is 4.27. The Labute approximate surface area is 142 Å². The quantitative estimate of drug-likeness (QED) is 0.757. The Morgan fingerprint density at radius 2 is 2.00 bits per heavy atom. The lowest BCUT2D eigenvalue weighted by Gasteiger charge is -2.10. The summed E-state index contributed by atoms with van der Waals surface area (Å²) in [4.78, 5) is 13.6. The number of amides is 1. The Bertz CT molecular complexity index is 650. The number of nitrogens with one attached hydrogen (secondary N) is 1. The van der Waals surface area contributed by atoms with E-state index in [1.54, 1.807) is 0 Å². The maximum Gasteiger partial charge on any atom is 0.261 e. The molecule has 0 radical (unpaired) electrons. The van der Waals surface area contributed by atoms with Crippen LogP contribution in [0.3, 0.4) is 0 Å². The van der Waals surface area contributed by atoms with E-state index in [1.165, 1.54) is 23.5 Å². The zero-order chi connectivity index (χ0) is 16.1. The number of aryl methyl sites for hydroxylation is 1. The first-order chi connectivity index (χ1) is 10.5. The number of phenolic OH excluding ortho intramolecular Hbond substituents is 1. The summed E-state index contributed by atoms with van der Waals surface area (Å²) in [6, 6.07) is 6.45. The number of halogens is 2. The zero-order valence-corrected chi connectivity index (χ0v) is 14.2. The molecule has 0 aliphatic heterocycles. The van der Waals surface area contributed by atoms with Gasteiger partial charge < -0.3 is 15.2 Å². The van der Waals surface area contributed by atoms with Gasteiger partial charge in [-0.3, -0.25) is 4.79 Å². The molecule has 2 N–H and O–H groups in total. The van der Waals surface area contributed by atoms with Gasteiger partial charge in [0.1, 0.15) is 5.75 Å². The van der Waals surface area contributed by atoms with E-state index in [4.69, 9.17) is 27.9 Å². The molecule has 0 spiro atoms. The monoisotopic (exact) mass is 359 g/mol. The molecule has 1 amide bonds. The van der Waals surface area contributed by atoms with Crippen LogP contribution in [0.4, 0.5) is 0 Å². The summed E-state index contributed by atoms with van der Waals surface area (Å²) in [5, 5.41) is 12.7. The number of hydrogen-bond acceptors (Lipinski definition) is 4. The summed E-state index contributed by atoms with van der Waals surface area (Å²) in [6.07, 6.45) is 0.615. The van der Waals surface area contributed by atoms with E-state index in [0.717, 1.165) is 4.88 Å². The topological polar surface area (TPSA) is 58.6 Å². The molecule has 1 aromatic carbocycles. The van der Waals surface area contributed by atoms with E-state index < -0.39 is 0 Å². The Morgan fingerprint density at radius 3 is 2.59 bits per heavy atom. The van der Waals surface area contributed by atoms with Crippen molar-refractivity contribution in [3.05, 3.63) is 44.1 Å². The van der Waals surface area contributed by atoms with Gasteiger partial charge in [0.15, 0.2) is 5.75 Å². The van der Waals surface area contributed by atoms with Crippen molar-refractivity contribution >= 4 is 40.4 Å². The van der Waals surface area contributed by atoms with Crippen LogP contribution in [-0.4, -0.2) is 24.2 Å². The Balaban J connectivity index is 1.75. The summed E-state index contributed by atoms with van der Waals surface area (Å²) in [6.45, 7) is 2.80. The van der Waals surface area contributed by atoms with Crippen molar-refractivity contribution in [2.45, 2.75) is 13.3 Å². The second-order valence-electron chi connectivity index (χ2n) is 4.61. The molecule has 1 aromatic heterocycles. The molecule has 0 unspecified atom stereocenters. The molecular formula is C15H15Cl2NO3S. The number of phenols is 1. The second kappa shape index (κ2) is 7.72. The van der Waals surface area contributed by atoms with E-state index >= 15 is 0 Å². The molecule has 0 aliphatic rings. The Kier molecular flexibility index (Phi) is 5.94. The standard InChI is InChI=1S/C15H15Cl2NO3S/c1-9-3-4-13(22-9)15(20)18-5-2-6-21-14-11(16)7-10(19)8-12(14)17/h3-4,7-8,19H,2,5-6H2,1H3,(H,18,20). The largest absolute Gasteiger partial charge is 0.508 e. The van der Waals surface area contributed by atoms with Crippen LogP contribution >= 0.6 is 34.5 Å². The highest BCUT2D eigenvalue weighted by atomic mass is 35.5. The van der Waals surface area contributed by atoms with Gasteiger partial charge in [0.25, 0.3) is 5.91 Å². The molecule has 0 atom stereocenters. The van der Waals surface area contributed by atoms with Crippen LogP contribution in [0.15, 0.2) is 24.3 Å². The highest BCUT2D eigenvalue weighted by Gasteiger charge is 2.10. The lowest BCUT2D eigenvalue weighted by molar-refractivity contribution is 0.0955. The molecular weight excluding hydrogens is 345 g/mol. The molecule has 0 bridgehead atoms. The van der Waals surface area contributed by atoms with Gasteiger partial charge >= 0.3 is 0 Å². The minimum atomic E-state index is -0.0844. The number of thiophene rings is 1. The van der Waals surface area contributed by atoms with Crippen molar-refractivity contribution in [2.75, 3.05) is 13.2 Å². The molecule has 4 nitrogen and oxygen atoms in total. The van der Waals surface area contributed by atoms with Crippen LogP contribution in [0.1, 0.15) is 21.0 Å². The maximum atomic E-state index is 11.8. The number of ether oxygens (including phenoxy) is 1. The normalized spacial score (nSPS) is 10.5. The first kappa shape index (κ1) is 16.9. The van der Waals surface area contributed by atoms with Gasteiger partial charge in [0.2, 0.25) is 0 Å². The number of rotatable bonds is 6. The molecule has 0 fully saturated rings. The smallest absolute Gasteiger partial charge is 0.261 e. The van der Waals surface area contributed by atoms with Gasteiger partial charge in [-0.2, -0.15) is 0 Å². The first-order valence-electron chi connectivity index (χ1n) is 6.63. The number of hydrogen-bond donors (Lipinski definition) is 2. The SMILES string of the molecule is Cc1ccc(C(=O)NCCCOc2c(Cl)cc(O)cc2Cl)s1. The molecule has 0 saturated heterocycles. The third-order valence-electron chi connectivity index (χ3n) is 2.80. The summed E-state index contributed by atoms with van der Waals surface area (Å²) in [5.41, 5.74) is 0. The summed E-state index contributed by atoms with van der Waals surface area (Å²) in [5.74, 6) is 0.237. The number of aromatic hydroxyl groups is 1. The van der Waals surface area contributed by atoms with Crippen LogP contribution in [0.5, 0.6) is 11.5 Å². The number of benzene rings is 1. The number of carbonyl (C=O) groups is 1. The van der Waals surface area contributed by atoms with Gasteiger partial charge in [0.05, 0.1) is 21.5 Å². The van der Waals surface area contributed by atoms with E-state index in [0.29, 0.717) is 30.2 Å². The molecule has 22 heavy (non-hydrogen) atoms. The molecule has 1 heterocycles. The summed E-state index contributed by atoms with van der Waals surface area (Å²) >= 11 is 13.3. The van der Waals surface area contributed by atoms with Crippen molar-refractivity contribution < 1.29 is 14.6 Å². The molecule has 0 saturated carbocycles. The Morgan fingerprint density at radius 1 is 1.32 bits per heavy atom. The summed E-state index contributed by atoms with van der Waals surface area (Å²) in [7, 11) is 0. The minimum Gasteiger partial charge on any atom is -0.508 e. The van der Waals surface area contributed by atoms with Crippen molar-refractivity contribution in [3.63, 3.8) is 0 Å². The average Bonchev–Trinajstić information content (AvgIpc) is 2.87. The fourth-order valence-corrected chi connectivity index (χ4v) is 3.14. The Hall–Kier alpha value is -1.43. The van der Waals surface area contributed by atoms with Gasteiger partial charge in [-0.05, 0) is 25.5 Å². The van der Waals surface area contributed by atoms with Crippen molar-refractivity contribution in [2.24, 2.45) is 0 Å². The van der Waals surface area contributed by atoms with Crippen LogP contribution in [0, 0.1) is 6.92 Å². The third kappa shape index (κ3) is 4.53. The number of carbonyl (C=O) groups excluding carboxylic acids is 1. The highest BCUT2D eigenvalue weighted by Crippen LogP contribution is 2.36. The first-order valence-corrected chi connectivity index (χ1v) is 8.20. The minimum absolute atomic E-state index is 0.0131. The van der Waals surface area contributed by atoms with Gasteiger partial charge in [-0.25, -0.2) is 0 Å². The average molecular weight is 360 g/mol. The molecule has 0 aliphatic carbocycles.